The molecule has 154 valence electrons. The first-order chi connectivity index (χ1) is 13.4. The van der Waals surface area contributed by atoms with Crippen molar-refractivity contribution in [2.24, 2.45) is 16.6 Å². The molecule has 4 N–H and O–H groups in total. The minimum atomic E-state index is -0.793. The second-order valence-electron chi connectivity index (χ2n) is 8.38. The topological polar surface area (TPSA) is 75.7 Å². The van der Waals surface area contributed by atoms with E-state index < -0.39 is 23.0 Å². The lowest BCUT2D eigenvalue weighted by atomic mass is 9.63. The standard InChI is InChI=1S/C24H35NO3/c1-23(18-25,17-20-12-8-5-9-13-20)22(27)24(2,14-15-28-3)21(26)16-19-10-6-4-7-11-19/h4-13,21-22,26-27H,14-18,25H2,1-3H3. The maximum absolute atomic E-state index is 11.5. The zero-order valence-corrected chi connectivity index (χ0v) is 17.3. The van der Waals surface area contributed by atoms with Crippen LogP contribution in [0.5, 0.6) is 0 Å². The number of hydrogen-bond donors (Lipinski definition) is 3. The Hall–Kier alpha value is -1.72. The van der Waals surface area contributed by atoms with Gasteiger partial charge < -0.3 is 20.7 Å². The quantitative estimate of drug-likeness (QED) is 0.555. The highest BCUT2D eigenvalue weighted by atomic mass is 16.5. The Morgan fingerprint density at radius 2 is 1.46 bits per heavy atom. The summed E-state index contributed by atoms with van der Waals surface area (Å²) in [6.07, 6.45) is 0.153. The van der Waals surface area contributed by atoms with E-state index in [0.29, 0.717) is 32.4 Å². The van der Waals surface area contributed by atoms with Crippen molar-refractivity contribution >= 4 is 0 Å². The number of aliphatic hydroxyl groups excluding tert-OH is 2. The molecule has 2 rings (SSSR count). The van der Waals surface area contributed by atoms with Gasteiger partial charge in [-0.2, -0.15) is 0 Å². The maximum Gasteiger partial charge on any atom is 0.0688 e. The number of methoxy groups -OCH3 is 1. The van der Waals surface area contributed by atoms with Crippen LogP contribution in [-0.4, -0.2) is 42.7 Å². The highest BCUT2D eigenvalue weighted by Crippen LogP contribution is 2.42. The van der Waals surface area contributed by atoms with Crippen molar-refractivity contribution in [2.45, 2.75) is 45.3 Å². The van der Waals surface area contributed by atoms with E-state index in [1.165, 1.54) is 0 Å². The summed E-state index contributed by atoms with van der Waals surface area (Å²) in [4.78, 5) is 0. The molecule has 0 saturated heterocycles. The average Bonchev–Trinajstić information content (AvgIpc) is 2.72. The molecule has 0 aliphatic carbocycles. The predicted molar refractivity (Wildman–Crippen MR) is 114 cm³/mol. The summed E-state index contributed by atoms with van der Waals surface area (Å²) < 4.78 is 5.30. The van der Waals surface area contributed by atoms with Gasteiger partial charge in [-0.3, -0.25) is 0 Å². The minimum absolute atomic E-state index is 0.323. The van der Waals surface area contributed by atoms with Crippen LogP contribution >= 0.6 is 0 Å². The van der Waals surface area contributed by atoms with Crippen molar-refractivity contribution in [1.29, 1.82) is 0 Å². The lowest BCUT2D eigenvalue weighted by Gasteiger charge is -2.47. The fraction of sp³-hybridized carbons (Fsp3) is 0.500. The summed E-state index contributed by atoms with van der Waals surface area (Å²) in [5, 5.41) is 22.7. The molecule has 0 fully saturated rings. The summed E-state index contributed by atoms with van der Waals surface area (Å²) in [6, 6.07) is 19.9. The third kappa shape index (κ3) is 5.42. The van der Waals surface area contributed by atoms with E-state index in [2.05, 4.69) is 0 Å². The second-order valence-corrected chi connectivity index (χ2v) is 8.38. The van der Waals surface area contributed by atoms with Gasteiger partial charge in [0, 0.05) is 31.1 Å². The third-order valence-corrected chi connectivity index (χ3v) is 6.08. The molecule has 0 aliphatic heterocycles. The normalized spacial score (nSPS) is 18.1. The smallest absolute Gasteiger partial charge is 0.0688 e. The van der Waals surface area contributed by atoms with Crippen LogP contribution in [0.2, 0.25) is 0 Å². The van der Waals surface area contributed by atoms with Gasteiger partial charge in [0.25, 0.3) is 0 Å². The Kier molecular flexibility index (Phi) is 8.20. The molecule has 4 unspecified atom stereocenters. The molecule has 28 heavy (non-hydrogen) atoms. The molecule has 0 amide bonds. The van der Waals surface area contributed by atoms with Gasteiger partial charge in [-0.15, -0.1) is 0 Å². The zero-order chi connectivity index (χ0) is 20.6. The Balaban J connectivity index is 2.29. The van der Waals surface area contributed by atoms with Crippen molar-refractivity contribution in [2.75, 3.05) is 20.3 Å². The second kappa shape index (κ2) is 10.2. The molecule has 0 saturated carbocycles. The molecule has 4 atom stereocenters. The lowest BCUT2D eigenvalue weighted by Crippen LogP contribution is -2.55. The number of aliphatic hydroxyl groups is 2. The molecule has 4 nitrogen and oxygen atoms in total. The van der Waals surface area contributed by atoms with Crippen LogP contribution in [0.4, 0.5) is 0 Å². The van der Waals surface area contributed by atoms with Crippen LogP contribution < -0.4 is 5.73 Å². The molecule has 0 aliphatic rings. The molecule has 4 heteroatoms. The van der Waals surface area contributed by atoms with Crippen molar-refractivity contribution in [1.82, 2.24) is 0 Å². The average molecular weight is 386 g/mol. The minimum Gasteiger partial charge on any atom is -0.392 e. The molecule has 0 aromatic heterocycles. The van der Waals surface area contributed by atoms with E-state index in [1.54, 1.807) is 7.11 Å². The Labute approximate surface area is 169 Å². The van der Waals surface area contributed by atoms with Gasteiger partial charge in [0.05, 0.1) is 12.2 Å². The van der Waals surface area contributed by atoms with E-state index in [4.69, 9.17) is 10.5 Å². The number of rotatable bonds is 11. The lowest BCUT2D eigenvalue weighted by molar-refractivity contribution is -0.122. The Morgan fingerprint density at radius 1 is 0.929 bits per heavy atom. The van der Waals surface area contributed by atoms with E-state index in [1.807, 2.05) is 74.5 Å². The van der Waals surface area contributed by atoms with Gasteiger partial charge in [0.1, 0.15) is 0 Å². The fourth-order valence-electron chi connectivity index (χ4n) is 4.02. The van der Waals surface area contributed by atoms with Crippen LogP contribution in [0.25, 0.3) is 0 Å². The van der Waals surface area contributed by atoms with Gasteiger partial charge >= 0.3 is 0 Å². The van der Waals surface area contributed by atoms with Crippen LogP contribution in [0.1, 0.15) is 31.4 Å². The van der Waals surface area contributed by atoms with Crippen LogP contribution in [0.3, 0.4) is 0 Å². The van der Waals surface area contributed by atoms with Gasteiger partial charge in [-0.05, 0) is 30.4 Å². The van der Waals surface area contributed by atoms with E-state index >= 15 is 0 Å². The third-order valence-electron chi connectivity index (χ3n) is 6.08. The molecule has 0 heterocycles. The summed E-state index contributed by atoms with van der Waals surface area (Å²) >= 11 is 0. The highest BCUT2D eigenvalue weighted by molar-refractivity contribution is 5.19. The first-order valence-electron chi connectivity index (χ1n) is 9.98. The first kappa shape index (κ1) is 22.6. The van der Waals surface area contributed by atoms with Crippen LogP contribution in [-0.2, 0) is 17.6 Å². The molecular weight excluding hydrogens is 350 g/mol. The summed E-state index contributed by atoms with van der Waals surface area (Å²) in [6.45, 7) is 4.74. The molecule has 2 aromatic rings. The molecule has 0 spiro atoms. The van der Waals surface area contributed by atoms with Gasteiger partial charge in [-0.1, -0.05) is 74.5 Å². The first-order valence-corrected chi connectivity index (χ1v) is 9.98. The Bertz CT molecular complexity index is 694. The number of ether oxygens (including phenoxy) is 1. The van der Waals surface area contributed by atoms with E-state index in [9.17, 15) is 10.2 Å². The SMILES string of the molecule is COCCC(C)(C(O)Cc1ccccc1)C(O)C(C)(CN)Cc1ccccc1. The molecule has 0 bridgehead atoms. The van der Waals surface area contributed by atoms with Crippen molar-refractivity contribution < 1.29 is 14.9 Å². The van der Waals surface area contributed by atoms with Crippen LogP contribution in [0.15, 0.2) is 60.7 Å². The van der Waals surface area contributed by atoms with Crippen molar-refractivity contribution in [3.05, 3.63) is 71.8 Å². The number of benzene rings is 2. The van der Waals surface area contributed by atoms with Gasteiger partial charge in [0.2, 0.25) is 0 Å². The van der Waals surface area contributed by atoms with Crippen molar-refractivity contribution in [3.63, 3.8) is 0 Å². The summed E-state index contributed by atoms with van der Waals surface area (Å²) in [5.41, 5.74) is 7.01. The van der Waals surface area contributed by atoms with Crippen molar-refractivity contribution in [3.8, 4) is 0 Å². The maximum atomic E-state index is 11.5. The number of nitrogens with two attached hydrogens (primary N) is 1. The van der Waals surface area contributed by atoms with E-state index in [-0.39, 0.29) is 0 Å². The van der Waals surface area contributed by atoms with E-state index in [0.717, 1.165) is 11.1 Å². The zero-order valence-electron chi connectivity index (χ0n) is 17.3. The van der Waals surface area contributed by atoms with Gasteiger partial charge in [0.15, 0.2) is 0 Å². The molecular formula is C24H35NO3. The highest BCUT2D eigenvalue weighted by Gasteiger charge is 2.48. The molecule has 2 aromatic carbocycles. The Morgan fingerprint density at radius 3 is 1.96 bits per heavy atom. The molecule has 0 radical (unpaired) electrons. The predicted octanol–water partition coefficient (Wildman–Crippen LogP) is 3.20. The summed E-state index contributed by atoms with van der Waals surface area (Å²) in [7, 11) is 1.64. The largest absolute Gasteiger partial charge is 0.392 e. The monoisotopic (exact) mass is 385 g/mol. The summed E-state index contributed by atoms with van der Waals surface area (Å²) in [5.74, 6) is 0. The fourth-order valence-corrected chi connectivity index (χ4v) is 4.02. The number of hydrogen-bond acceptors (Lipinski definition) is 4. The van der Waals surface area contributed by atoms with Gasteiger partial charge in [-0.25, -0.2) is 0 Å². The van der Waals surface area contributed by atoms with Crippen LogP contribution in [0, 0.1) is 10.8 Å².